The highest BCUT2D eigenvalue weighted by Gasteiger charge is 2.20. The van der Waals surface area contributed by atoms with Crippen molar-refractivity contribution in [1.82, 2.24) is 0 Å². The van der Waals surface area contributed by atoms with Gasteiger partial charge >= 0.3 is 0 Å². The lowest BCUT2D eigenvalue weighted by molar-refractivity contribution is 0.396. The minimum atomic E-state index is -1.26. The molecule has 0 aromatic heterocycles. The van der Waals surface area contributed by atoms with Crippen LogP contribution in [0.25, 0.3) is 16.7 Å². The molecule has 0 saturated carbocycles. The number of halogens is 4. The van der Waals surface area contributed by atoms with Gasteiger partial charge in [0.1, 0.15) is 11.6 Å². The number of phenols is 1. The lowest BCUT2D eigenvalue weighted by Gasteiger charge is -2.22. The third-order valence-corrected chi connectivity index (χ3v) is 4.93. The van der Waals surface area contributed by atoms with E-state index in [0.717, 1.165) is 49.8 Å². The third-order valence-electron chi connectivity index (χ3n) is 4.93. The minimum absolute atomic E-state index is 0.292. The molecule has 0 saturated heterocycles. The number of allylic oxidation sites excluding steroid dienone is 2. The SMILES string of the molecule is CCCC1CC=C(c2cc(F)c(-c3cc(F)c(O)c(F)c3)c(F)c2)CC1. The fourth-order valence-corrected chi connectivity index (χ4v) is 3.57. The molecule has 26 heavy (non-hydrogen) atoms. The highest BCUT2D eigenvalue weighted by atomic mass is 19.1. The molecule has 1 aliphatic rings. The Hall–Kier alpha value is -2.30. The Kier molecular flexibility index (Phi) is 5.35. The van der Waals surface area contributed by atoms with Gasteiger partial charge in [-0.05, 0) is 66.1 Å². The van der Waals surface area contributed by atoms with E-state index in [1.54, 1.807) is 0 Å². The molecule has 0 bridgehead atoms. The first kappa shape index (κ1) is 18.5. The highest BCUT2D eigenvalue weighted by Crippen LogP contribution is 2.36. The summed E-state index contributed by atoms with van der Waals surface area (Å²) in [6, 6.07) is 3.84. The molecule has 1 N–H and O–H groups in total. The largest absolute Gasteiger partial charge is 0.503 e. The lowest BCUT2D eigenvalue weighted by atomic mass is 9.84. The van der Waals surface area contributed by atoms with Crippen LogP contribution in [0, 0.1) is 29.2 Å². The second kappa shape index (κ2) is 7.52. The van der Waals surface area contributed by atoms with Crippen LogP contribution in [-0.4, -0.2) is 5.11 Å². The van der Waals surface area contributed by atoms with Crippen LogP contribution in [0.4, 0.5) is 17.6 Å². The van der Waals surface area contributed by atoms with Crippen molar-refractivity contribution in [3.05, 3.63) is 59.2 Å². The molecule has 0 spiro atoms. The second-order valence-corrected chi connectivity index (χ2v) is 6.76. The number of rotatable bonds is 4. The van der Waals surface area contributed by atoms with Crippen LogP contribution in [0.2, 0.25) is 0 Å². The maximum Gasteiger partial charge on any atom is 0.187 e. The van der Waals surface area contributed by atoms with Gasteiger partial charge < -0.3 is 5.11 Å². The van der Waals surface area contributed by atoms with Gasteiger partial charge in [-0.2, -0.15) is 0 Å². The second-order valence-electron chi connectivity index (χ2n) is 6.76. The molecule has 0 amide bonds. The molecular formula is C21H20F4O. The molecule has 5 heteroatoms. The summed E-state index contributed by atoms with van der Waals surface area (Å²) in [6.45, 7) is 2.14. The Morgan fingerprint density at radius 3 is 2.00 bits per heavy atom. The van der Waals surface area contributed by atoms with Crippen LogP contribution < -0.4 is 0 Å². The van der Waals surface area contributed by atoms with Crippen molar-refractivity contribution in [2.24, 2.45) is 5.92 Å². The Labute approximate surface area is 150 Å². The van der Waals surface area contributed by atoms with Gasteiger partial charge in [0.15, 0.2) is 17.4 Å². The predicted molar refractivity (Wildman–Crippen MR) is 93.6 cm³/mol. The Morgan fingerprint density at radius 2 is 1.50 bits per heavy atom. The Balaban J connectivity index is 1.95. The molecule has 1 aliphatic carbocycles. The van der Waals surface area contributed by atoms with Gasteiger partial charge in [-0.15, -0.1) is 0 Å². The minimum Gasteiger partial charge on any atom is -0.503 e. The summed E-state index contributed by atoms with van der Waals surface area (Å²) in [7, 11) is 0. The average Bonchev–Trinajstić information content (AvgIpc) is 2.60. The molecule has 1 nitrogen and oxygen atoms in total. The van der Waals surface area contributed by atoms with Gasteiger partial charge in [0.25, 0.3) is 0 Å². The van der Waals surface area contributed by atoms with E-state index in [2.05, 4.69) is 6.92 Å². The van der Waals surface area contributed by atoms with E-state index in [0.29, 0.717) is 11.5 Å². The van der Waals surface area contributed by atoms with Gasteiger partial charge in [0.2, 0.25) is 0 Å². The van der Waals surface area contributed by atoms with Gasteiger partial charge in [-0.3, -0.25) is 0 Å². The molecule has 3 rings (SSSR count). The summed E-state index contributed by atoms with van der Waals surface area (Å²) in [6.07, 6.45) is 6.92. The zero-order valence-electron chi connectivity index (χ0n) is 14.5. The molecule has 1 unspecified atom stereocenters. The molecule has 1 atom stereocenters. The van der Waals surface area contributed by atoms with Gasteiger partial charge in [-0.1, -0.05) is 25.8 Å². The summed E-state index contributed by atoms with van der Waals surface area (Å²) in [5, 5.41) is 9.15. The quantitative estimate of drug-likeness (QED) is 0.606. The summed E-state index contributed by atoms with van der Waals surface area (Å²) in [5.41, 5.74) is 0.551. The van der Waals surface area contributed by atoms with Crippen molar-refractivity contribution in [3.63, 3.8) is 0 Å². The van der Waals surface area contributed by atoms with E-state index in [1.807, 2.05) is 6.08 Å². The van der Waals surface area contributed by atoms with E-state index in [1.165, 1.54) is 12.1 Å². The van der Waals surface area contributed by atoms with Crippen molar-refractivity contribution in [2.75, 3.05) is 0 Å². The van der Waals surface area contributed by atoms with E-state index in [-0.39, 0.29) is 5.56 Å². The van der Waals surface area contributed by atoms with Crippen molar-refractivity contribution in [3.8, 4) is 16.9 Å². The molecule has 0 aliphatic heterocycles. The van der Waals surface area contributed by atoms with Crippen molar-refractivity contribution < 1.29 is 22.7 Å². The lowest BCUT2D eigenvalue weighted by Crippen LogP contribution is -2.05. The van der Waals surface area contributed by atoms with E-state index in [4.69, 9.17) is 5.11 Å². The number of phenolic OH excluding ortho intramolecular Hbond substituents is 1. The maximum atomic E-state index is 14.5. The summed E-state index contributed by atoms with van der Waals surface area (Å²) >= 11 is 0. The van der Waals surface area contributed by atoms with E-state index < -0.39 is 34.6 Å². The zero-order chi connectivity index (χ0) is 18.8. The normalized spacial score (nSPS) is 17.3. The molecule has 2 aromatic rings. The van der Waals surface area contributed by atoms with Crippen molar-refractivity contribution in [2.45, 2.75) is 39.0 Å². The smallest absolute Gasteiger partial charge is 0.187 e. The van der Waals surface area contributed by atoms with Crippen LogP contribution in [-0.2, 0) is 0 Å². The van der Waals surface area contributed by atoms with Gasteiger partial charge in [-0.25, -0.2) is 17.6 Å². The molecule has 0 fully saturated rings. The number of benzene rings is 2. The van der Waals surface area contributed by atoms with Crippen molar-refractivity contribution >= 4 is 5.57 Å². The number of hydrogen-bond acceptors (Lipinski definition) is 1. The van der Waals surface area contributed by atoms with Crippen LogP contribution in [0.5, 0.6) is 5.75 Å². The number of hydrogen-bond donors (Lipinski definition) is 1. The first-order valence-electron chi connectivity index (χ1n) is 8.77. The topological polar surface area (TPSA) is 20.2 Å². The fraction of sp³-hybridized carbons (Fsp3) is 0.333. The summed E-state index contributed by atoms with van der Waals surface area (Å²) in [5.74, 6) is -4.86. The van der Waals surface area contributed by atoms with E-state index >= 15 is 0 Å². The molecule has 138 valence electrons. The first-order chi connectivity index (χ1) is 12.4. The zero-order valence-corrected chi connectivity index (χ0v) is 14.5. The van der Waals surface area contributed by atoms with Crippen LogP contribution >= 0.6 is 0 Å². The Morgan fingerprint density at radius 1 is 0.923 bits per heavy atom. The van der Waals surface area contributed by atoms with Crippen LogP contribution in [0.1, 0.15) is 44.6 Å². The average molecular weight is 364 g/mol. The van der Waals surface area contributed by atoms with Crippen LogP contribution in [0.15, 0.2) is 30.3 Å². The molecule has 0 radical (unpaired) electrons. The van der Waals surface area contributed by atoms with Gasteiger partial charge in [0, 0.05) is 0 Å². The first-order valence-corrected chi connectivity index (χ1v) is 8.77. The fourth-order valence-electron chi connectivity index (χ4n) is 3.57. The third kappa shape index (κ3) is 3.62. The molecular weight excluding hydrogens is 344 g/mol. The van der Waals surface area contributed by atoms with Crippen LogP contribution in [0.3, 0.4) is 0 Å². The van der Waals surface area contributed by atoms with Gasteiger partial charge in [0.05, 0.1) is 5.56 Å². The highest BCUT2D eigenvalue weighted by molar-refractivity contribution is 5.72. The van der Waals surface area contributed by atoms with Crippen molar-refractivity contribution in [1.29, 1.82) is 0 Å². The summed E-state index contributed by atoms with van der Waals surface area (Å²) in [4.78, 5) is 0. The molecule has 2 aromatic carbocycles. The summed E-state index contributed by atoms with van der Waals surface area (Å²) < 4.78 is 56.1. The number of aromatic hydroxyl groups is 1. The monoisotopic (exact) mass is 364 g/mol. The Bertz CT molecular complexity index is 811. The molecule has 0 heterocycles. The predicted octanol–water partition coefficient (Wildman–Crippen LogP) is 6.60. The standard InChI is InChI=1S/C21H20F4O/c1-2-3-12-4-6-13(7-5-12)14-8-16(22)20(17(23)9-14)15-10-18(24)21(26)19(25)11-15/h6,8-12,26H,2-5,7H2,1H3. The van der Waals surface area contributed by atoms with E-state index in [9.17, 15) is 17.6 Å². The maximum absolute atomic E-state index is 14.5.